The Labute approximate surface area is 106 Å². The van der Waals surface area contributed by atoms with Crippen molar-refractivity contribution in [2.24, 2.45) is 5.73 Å². The number of nitrogens with two attached hydrogens (primary N) is 1. The molecule has 1 amide bonds. The number of carbonyl (C=O) groups excluding carboxylic acids is 1. The fourth-order valence-electron chi connectivity index (χ4n) is 1.76. The molecule has 0 unspecified atom stereocenters. The Balaban J connectivity index is 0.00000144. The number of benzene rings is 1. The van der Waals surface area contributed by atoms with Gasteiger partial charge in [0.1, 0.15) is 5.82 Å². The predicted molar refractivity (Wildman–Crippen MR) is 66.3 cm³/mol. The molecule has 2 N–H and O–H groups in total. The zero-order chi connectivity index (χ0) is 11.5. The monoisotopic (exact) mass is 258 g/mol. The standard InChI is InChI=1S/C12H15FN2O.ClH/c13-10-3-1-2-9(6-10)8-15(11-4-5-11)12(16)7-14;/h1-3,6,11H,4-5,7-8,14H2;1H. The van der Waals surface area contributed by atoms with Gasteiger partial charge in [-0.25, -0.2) is 4.39 Å². The fraction of sp³-hybridized carbons (Fsp3) is 0.417. The van der Waals surface area contributed by atoms with Gasteiger partial charge in [-0.3, -0.25) is 4.79 Å². The maximum absolute atomic E-state index is 13.0. The molecule has 1 aliphatic rings. The highest BCUT2D eigenvalue weighted by Crippen LogP contribution is 2.28. The van der Waals surface area contributed by atoms with Crippen molar-refractivity contribution in [2.45, 2.75) is 25.4 Å². The minimum absolute atomic E-state index is 0. The Morgan fingerprint density at radius 1 is 1.47 bits per heavy atom. The normalized spacial score (nSPS) is 14.0. The van der Waals surface area contributed by atoms with Crippen LogP contribution >= 0.6 is 12.4 Å². The van der Waals surface area contributed by atoms with E-state index in [0.717, 1.165) is 18.4 Å². The second-order valence-corrected chi connectivity index (χ2v) is 4.09. The highest BCUT2D eigenvalue weighted by atomic mass is 35.5. The van der Waals surface area contributed by atoms with Gasteiger partial charge in [0.2, 0.25) is 5.91 Å². The number of carbonyl (C=O) groups is 1. The number of nitrogens with zero attached hydrogens (tertiary/aromatic N) is 1. The van der Waals surface area contributed by atoms with Gasteiger partial charge in [0.25, 0.3) is 0 Å². The van der Waals surface area contributed by atoms with Gasteiger partial charge >= 0.3 is 0 Å². The average molecular weight is 259 g/mol. The molecule has 0 aromatic heterocycles. The second kappa shape index (κ2) is 5.98. The summed E-state index contributed by atoms with van der Waals surface area (Å²) in [5.74, 6) is -0.333. The highest BCUT2D eigenvalue weighted by Gasteiger charge is 2.31. The predicted octanol–water partition coefficient (Wildman–Crippen LogP) is 1.70. The van der Waals surface area contributed by atoms with E-state index < -0.39 is 0 Å². The van der Waals surface area contributed by atoms with Crippen molar-refractivity contribution < 1.29 is 9.18 Å². The average Bonchev–Trinajstić information content (AvgIpc) is 3.09. The first-order valence-electron chi connectivity index (χ1n) is 5.44. The van der Waals surface area contributed by atoms with E-state index in [-0.39, 0.29) is 30.7 Å². The first-order chi connectivity index (χ1) is 7.70. The number of hydrogen-bond acceptors (Lipinski definition) is 2. The third-order valence-electron chi connectivity index (χ3n) is 2.72. The van der Waals surface area contributed by atoms with Crippen molar-refractivity contribution in [1.82, 2.24) is 4.90 Å². The maximum Gasteiger partial charge on any atom is 0.236 e. The molecule has 1 fully saturated rings. The highest BCUT2D eigenvalue weighted by molar-refractivity contribution is 5.85. The van der Waals surface area contributed by atoms with Crippen molar-refractivity contribution in [2.75, 3.05) is 6.54 Å². The number of rotatable bonds is 4. The number of amides is 1. The number of halogens is 2. The van der Waals surface area contributed by atoms with Crippen LogP contribution in [-0.4, -0.2) is 23.4 Å². The lowest BCUT2D eigenvalue weighted by atomic mass is 10.2. The molecule has 2 rings (SSSR count). The van der Waals surface area contributed by atoms with E-state index >= 15 is 0 Å². The molecule has 0 radical (unpaired) electrons. The van der Waals surface area contributed by atoms with Gasteiger partial charge in [0, 0.05) is 12.6 Å². The van der Waals surface area contributed by atoms with Crippen molar-refractivity contribution in [3.05, 3.63) is 35.6 Å². The van der Waals surface area contributed by atoms with Crippen LogP contribution in [0.1, 0.15) is 18.4 Å². The molecule has 0 atom stereocenters. The molecule has 1 aliphatic carbocycles. The van der Waals surface area contributed by atoms with E-state index in [1.54, 1.807) is 11.0 Å². The Morgan fingerprint density at radius 2 is 2.18 bits per heavy atom. The molecule has 3 nitrogen and oxygen atoms in total. The first-order valence-corrected chi connectivity index (χ1v) is 5.44. The largest absolute Gasteiger partial charge is 0.334 e. The molecule has 1 saturated carbocycles. The minimum atomic E-state index is -0.270. The van der Waals surface area contributed by atoms with Crippen LogP contribution in [0.25, 0.3) is 0 Å². The van der Waals surface area contributed by atoms with Gasteiger partial charge in [0.05, 0.1) is 6.54 Å². The summed E-state index contributed by atoms with van der Waals surface area (Å²) in [5.41, 5.74) is 6.17. The molecule has 0 saturated heterocycles. The van der Waals surface area contributed by atoms with Gasteiger partial charge in [-0.1, -0.05) is 12.1 Å². The summed E-state index contributed by atoms with van der Waals surface area (Å²) < 4.78 is 13.0. The quantitative estimate of drug-likeness (QED) is 0.894. The Hall–Kier alpha value is -1.13. The maximum atomic E-state index is 13.0. The van der Waals surface area contributed by atoms with Crippen molar-refractivity contribution in [3.63, 3.8) is 0 Å². The van der Waals surface area contributed by atoms with E-state index in [9.17, 15) is 9.18 Å². The molecule has 1 aromatic rings. The zero-order valence-corrected chi connectivity index (χ0v) is 10.3. The minimum Gasteiger partial charge on any atom is -0.334 e. The molecule has 0 aliphatic heterocycles. The second-order valence-electron chi connectivity index (χ2n) is 4.09. The van der Waals surface area contributed by atoms with Crippen LogP contribution in [0, 0.1) is 5.82 Å². The van der Waals surface area contributed by atoms with Gasteiger partial charge in [-0.05, 0) is 30.5 Å². The van der Waals surface area contributed by atoms with Crippen LogP contribution in [0.5, 0.6) is 0 Å². The van der Waals surface area contributed by atoms with Crippen LogP contribution in [0.4, 0.5) is 4.39 Å². The number of hydrogen-bond donors (Lipinski definition) is 1. The van der Waals surface area contributed by atoms with Crippen LogP contribution < -0.4 is 5.73 Å². The van der Waals surface area contributed by atoms with Gasteiger partial charge < -0.3 is 10.6 Å². The Kier molecular flexibility index (Phi) is 4.90. The molecule has 5 heteroatoms. The van der Waals surface area contributed by atoms with E-state index in [4.69, 9.17) is 5.73 Å². The van der Waals surface area contributed by atoms with E-state index in [2.05, 4.69) is 0 Å². The van der Waals surface area contributed by atoms with E-state index in [1.807, 2.05) is 6.07 Å². The van der Waals surface area contributed by atoms with Gasteiger partial charge in [-0.15, -0.1) is 12.4 Å². The van der Waals surface area contributed by atoms with E-state index in [0.29, 0.717) is 12.6 Å². The molecular weight excluding hydrogens is 243 g/mol. The molecule has 17 heavy (non-hydrogen) atoms. The molecule has 0 spiro atoms. The Bertz CT molecular complexity index is 396. The summed E-state index contributed by atoms with van der Waals surface area (Å²) in [7, 11) is 0. The van der Waals surface area contributed by atoms with E-state index in [1.165, 1.54) is 12.1 Å². The van der Waals surface area contributed by atoms with Crippen molar-refractivity contribution in [1.29, 1.82) is 0 Å². The van der Waals surface area contributed by atoms with Gasteiger partial charge in [-0.2, -0.15) is 0 Å². The lowest BCUT2D eigenvalue weighted by Gasteiger charge is -2.21. The summed E-state index contributed by atoms with van der Waals surface area (Å²) in [4.78, 5) is 13.3. The third-order valence-corrected chi connectivity index (χ3v) is 2.72. The summed E-state index contributed by atoms with van der Waals surface area (Å²) in [6.45, 7) is 0.476. The lowest BCUT2D eigenvalue weighted by molar-refractivity contribution is -0.130. The molecular formula is C12H16ClFN2O. The van der Waals surface area contributed by atoms with Crippen molar-refractivity contribution >= 4 is 18.3 Å². The summed E-state index contributed by atoms with van der Waals surface area (Å²) in [6, 6.07) is 6.64. The van der Waals surface area contributed by atoms with Crippen LogP contribution in [-0.2, 0) is 11.3 Å². The lowest BCUT2D eigenvalue weighted by Crippen LogP contribution is -2.37. The summed E-state index contributed by atoms with van der Waals surface area (Å²) in [5, 5.41) is 0. The molecule has 0 bridgehead atoms. The zero-order valence-electron chi connectivity index (χ0n) is 9.43. The van der Waals surface area contributed by atoms with Crippen molar-refractivity contribution in [3.8, 4) is 0 Å². The topological polar surface area (TPSA) is 46.3 Å². The molecule has 94 valence electrons. The van der Waals surface area contributed by atoms with Crippen LogP contribution in [0.3, 0.4) is 0 Å². The van der Waals surface area contributed by atoms with Crippen LogP contribution in [0.15, 0.2) is 24.3 Å². The molecule has 1 aromatic carbocycles. The van der Waals surface area contributed by atoms with Crippen LogP contribution in [0.2, 0.25) is 0 Å². The smallest absolute Gasteiger partial charge is 0.236 e. The Morgan fingerprint density at radius 3 is 2.71 bits per heavy atom. The first kappa shape index (κ1) is 13.9. The van der Waals surface area contributed by atoms with Gasteiger partial charge in [0.15, 0.2) is 0 Å². The fourth-order valence-corrected chi connectivity index (χ4v) is 1.76. The SMILES string of the molecule is Cl.NCC(=O)N(Cc1cccc(F)c1)C1CC1. The third kappa shape index (κ3) is 3.68. The summed E-state index contributed by atoms with van der Waals surface area (Å²) in [6.07, 6.45) is 2.06. The molecule has 0 heterocycles. The summed E-state index contributed by atoms with van der Waals surface area (Å²) >= 11 is 0.